The van der Waals surface area contributed by atoms with Gasteiger partial charge in [0.25, 0.3) is 5.91 Å². The molecule has 0 aliphatic heterocycles. The third-order valence-electron chi connectivity index (χ3n) is 4.23. The van der Waals surface area contributed by atoms with Crippen molar-refractivity contribution < 1.29 is 27.8 Å². The van der Waals surface area contributed by atoms with Crippen LogP contribution in [0.2, 0.25) is 0 Å². The van der Waals surface area contributed by atoms with Crippen LogP contribution in [0.5, 0.6) is 5.75 Å². The van der Waals surface area contributed by atoms with Crippen molar-refractivity contribution in [2.45, 2.75) is 31.9 Å². The van der Waals surface area contributed by atoms with Crippen LogP contribution in [0.25, 0.3) is 11.4 Å². The minimum absolute atomic E-state index is 0.208. The molecule has 0 radical (unpaired) electrons. The first-order valence-corrected chi connectivity index (χ1v) is 8.88. The van der Waals surface area contributed by atoms with Crippen molar-refractivity contribution in [1.29, 1.82) is 0 Å². The molecule has 0 saturated heterocycles. The standard InChI is InChI=1S/C20H19F3N4O3/c1-19(2,29)17(12-6-8-13(9-7-12)30-20(21,22)23)26-18(28)14-11-25-27-16(14)15-5-3-4-10-24-15/h3-11,17,29H,1-2H3,(H,25,27)(H,26,28)/t17-/m0/s1. The summed E-state index contributed by atoms with van der Waals surface area (Å²) in [5, 5.41) is 19.9. The lowest BCUT2D eigenvalue weighted by Crippen LogP contribution is -2.42. The number of carbonyl (C=O) groups excluding carboxylic acids is 1. The van der Waals surface area contributed by atoms with Gasteiger partial charge in [0.15, 0.2) is 0 Å². The summed E-state index contributed by atoms with van der Waals surface area (Å²) in [6, 6.07) is 9.20. The molecule has 3 N–H and O–H groups in total. The number of benzene rings is 1. The maximum absolute atomic E-state index is 12.9. The maximum Gasteiger partial charge on any atom is 0.573 e. The van der Waals surface area contributed by atoms with Crippen molar-refractivity contribution in [2.24, 2.45) is 0 Å². The summed E-state index contributed by atoms with van der Waals surface area (Å²) in [7, 11) is 0. The monoisotopic (exact) mass is 420 g/mol. The van der Waals surface area contributed by atoms with Gasteiger partial charge >= 0.3 is 6.36 Å². The molecule has 2 aromatic heterocycles. The van der Waals surface area contributed by atoms with Crippen LogP contribution in [0.3, 0.4) is 0 Å². The number of alkyl halides is 3. The highest BCUT2D eigenvalue weighted by Gasteiger charge is 2.33. The van der Waals surface area contributed by atoms with E-state index in [2.05, 4.69) is 25.2 Å². The molecule has 0 fully saturated rings. The minimum atomic E-state index is -4.81. The Labute approximate surface area is 169 Å². The predicted octanol–water partition coefficient (Wildman–Crippen LogP) is 3.61. The Morgan fingerprint density at radius 2 is 1.87 bits per heavy atom. The van der Waals surface area contributed by atoms with Crippen molar-refractivity contribution in [1.82, 2.24) is 20.5 Å². The highest BCUT2D eigenvalue weighted by Crippen LogP contribution is 2.30. The van der Waals surface area contributed by atoms with E-state index in [1.165, 1.54) is 32.2 Å². The molecule has 1 atom stereocenters. The average molecular weight is 420 g/mol. The molecule has 3 aromatic rings. The first-order valence-electron chi connectivity index (χ1n) is 8.88. The number of rotatable bonds is 6. The molecule has 0 spiro atoms. The molecule has 0 aliphatic carbocycles. The van der Waals surface area contributed by atoms with E-state index in [4.69, 9.17) is 0 Å². The summed E-state index contributed by atoms with van der Waals surface area (Å²) in [5.74, 6) is -0.938. The SMILES string of the molecule is CC(C)(O)[C@@H](NC(=O)c1cn[nH]c1-c1ccccn1)c1ccc(OC(F)(F)F)cc1. The number of hydrogen-bond donors (Lipinski definition) is 3. The molecule has 30 heavy (non-hydrogen) atoms. The average Bonchev–Trinajstić information content (AvgIpc) is 3.15. The van der Waals surface area contributed by atoms with Crippen LogP contribution in [-0.4, -0.2) is 38.2 Å². The van der Waals surface area contributed by atoms with Crippen LogP contribution < -0.4 is 10.1 Å². The lowest BCUT2D eigenvalue weighted by atomic mass is 9.91. The van der Waals surface area contributed by atoms with Gasteiger partial charge in [-0.1, -0.05) is 18.2 Å². The maximum atomic E-state index is 12.9. The highest BCUT2D eigenvalue weighted by atomic mass is 19.4. The molecule has 0 saturated carbocycles. The number of nitrogens with zero attached hydrogens (tertiary/aromatic N) is 2. The van der Waals surface area contributed by atoms with Crippen LogP contribution in [0, 0.1) is 0 Å². The normalized spacial score (nSPS) is 13.0. The van der Waals surface area contributed by atoms with Gasteiger partial charge in [0.1, 0.15) is 5.75 Å². The third kappa shape index (κ3) is 5.15. The summed E-state index contributed by atoms with van der Waals surface area (Å²) in [4.78, 5) is 17.1. The summed E-state index contributed by atoms with van der Waals surface area (Å²) < 4.78 is 40.9. The zero-order valence-corrected chi connectivity index (χ0v) is 16.1. The summed E-state index contributed by atoms with van der Waals surface area (Å²) in [6.07, 6.45) is -1.91. The summed E-state index contributed by atoms with van der Waals surface area (Å²) in [5.41, 5.74) is 0.0927. The number of H-pyrrole nitrogens is 1. The molecule has 7 nitrogen and oxygen atoms in total. The van der Waals surface area contributed by atoms with Crippen molar-refractivity contribution in [2.75, 3.05) is 0 Å². The number of carbonyl (C=O) groups is 1. The molecule has 1 aromatic carbocycles. The fourth-order valence-corrected chi connectivity index (χ4v) is 2.90. The topological polar surface area (TPSA) is 100 Å². The Morgan fingerprint density at radius 1 is 1.17 bits per heavy atom. The van der Waals surface area contributed by atoms with Crippen molar-refractivity contribution >= 4 is 5.91 Å². The van der Waals surface area contributed by atoms with Crippen LogP contribution in [0.1, 0.15) is 35.8 Å². The van der Waals surface area contributed by atoms with E-state index >= 15 is 0 Å². The molecule has 1 amide bonds. The van der Waals surface area contributed by atoms with E-state index in [1.54, 1.807) is 24.4 Å². The van der Waals surface area contributed by atoms with Gasteiger partial charge in [-0.05, 0) is 43.7 Å². The second-order valence-corrected chi connectivity index (χ2v) is 7.05. The van der Waals surface area contributed by atoms with E-state index in [9.17, 15) is 23.1 Å². The van der Waals surface area contributed by atoms with Gasteiger partial charge in [-0.15, -0.1) is 13.2 Å². The molecule has 2 heterocycles. The second-order valence-electron chi connectivity index (χ2n) is 7.05. The molecular formula is C20H19F3N4O3. The van der Waals surface area contributed by atoms with Gasteiger partial charge in [-0.2, -0.15) is 5.10 Å². The van der Waals surface area contributed by atoms with Crippen LogP contribution >= 0.6 is 0 Å². The largest absolute Gasteiger partial charge is 0.573 e. The summed E-state index contributed by atoms with van der Waals surface area (Å²) >= 11 is 0. The number of pyridine rings is 1. The van der Waals surface area contributed by atoms with Gasteiger partial charge in [0.05, 0.1) is 34.8 Å². The summed E-state index contributed by atoms with van der Waals surface area (Å²) in [6.45, 7) is 2.96. The number of aromatic nitrogens is 3. The Balaban J connectivity index is 1.85. The molecule has 0 unspecified atom stereocenters. The van der Waals surface area contributed by atoms with Gasteiger partial charge in [-0.25, -0.2) is 0 Å². The third-order valence-corrected chi connectivity index (χ3v) is 4.23. The number of ether oxygens (including phenoxy) is 1. The zero-order valence-electron chi connectivity index (χ0n) is 16.1. The number of nitrogens with one attached hydrogen (secondary N) is 2. The van der Waals surface area contributed by atoms with Crippen LogP contribution in [0.15, 0.2) is 54.9 Å². The van der Waals surface area contributed by atoms with E-state index < -0.39 is 29.7 Å². The van der Waals surface area contributed by atoms with E-state index in [0.29, 0.717) is 17.0 Å². The lowest BCUT2D eigenvalue weighted by molar-refractivity contribution is -0.274. The number of halogens is 3. The van der Waals surface area contributed by atoms with E-state index in [0.717, 1.165) is 12.1 Å². The smallest absolute Gasteiger partial charge is 0.406 e. The lowest BCUT2D eigenvalue weighted by Gasteiger charge is -2.30. The van der Waals surface area contributed by atoms with E-state index in [1.807, 2.05) is 0 Å². The number of aliphatic hydroxyl groups is 1. The van der Waals surface area contributed by atoms with E-state index in [-0.39, 0.29) is 5.56 Å². The Morgan fingerprint density at radius 3 is 2.43 bits per heavy atom. The highest BCUT2D eigenvalue weighted by molar-refractivity contribution is 5.99. The number of amides is 1. The number of hydrogen-bond acceptors (Lipinski definition) is 5. The molecule has 10 heteroatoms. The van der Waals surface area contributed by atoms with Crippen LogP contribution in [-0.2, 0) is 0 Å². The van der Waals surface area contributed by atoms with Gasteiger partial charge in [-0.3, -0.25) is 14.9 Å². The van der Waals surface area contributed by atoms with Crippen molar-refractivity contribution in [3.63, 3.8) is 0 Å². The zero-order chi connectivity index (χ0) is 21.9. The van der Waals surface area contributed by atoms with Crippen molar-refractivity contribution in [3.05, 3.63) is 66.0 Å². The predicted molar refractivity (Wildman–Crippen MR) is 101 cm³/mol. The quantitative estimate of drug-likeness (QED) is 0.566. The fraction of sp³-hybridized carbons (Fsp3) is 0.250. The number of aromatic amines is 1. The Hall–Kier alpha value is -3.40. The minimum Gasteiger partial charge on any atom is -0.406 e. The molecule has 3 rings (SSSR count). The Kier molecular flexibility index (Phi) is 5.79. The van der Waals surface area contributed by atoms with Crippen LogP contribution in [0.4, 0.5) is 13.2 Å². The molecule has 158 valence electrons. The van der Waals surface area contributed by atoms with Gasteiger partial charge < -0.3 is 15.2 Å². The van der Waals surface area contributed by atoms with Gasteiger partial charge in [0.2, 0.25) is 0 Å². The molecular weight excluding hydrogens is 401 g/mol. The first-order chi connectivity index (χ1) is 14.0. The molecule has 0 aliphatic rings. The van der Waals surface area contributed by atoms with Crippen molar-refractivity contribution in [3.8, 4) is 17.1 Å². The fourth-order valence-electron chi connectivity index (χ4n) is 2.90. The van der Waals surface area contributed by atoms with Gasteiger partial charge in [0, 0.05) is 6.20 Å². The second kappa shape index (κ2) is 8.15. The first kappa shape index (κ1) is 21.3. The molecule has 0 bridgehead atoms. The Bertz CT molecular complexity index is 997.